The molecule has 3 aromatic rings. The third-order valence-electron chi connectivity index (χ3n) is 7.82. The Labute approximate surface area is 240 Å². The quantitative estimate of drug-likeness (QED) is 0.226. The van der Waals surface area contributed by atoms with Crippen molar-refractivity contribution in [2.24, 2.45) is 11.8 Å². The third-order valence-corrected chi connectivity index (χ3v) is 7.82. The molecule has 0 radical (unpaired) electrons. The minimum absolute atomic E-state index is 0.0471. The van der Waals surface area contributed by atoms with Gasteiger partial charge in [-0.25, -0.2) is 4.52 Å². The van der Waals surface area contributed by atoms with Gasteiger partial charge in [-0.05, 0) is 69.7 Å². The fourth-order valence-corrected chi connectivity index (χ4v) is 5.22. The highest BCUT2D eigenvalue weighted by Gasteiger charge is 2.20. The molecule has 0 unspecified atom stereocenters. The maximum atomic E-state index is 13.8. The van der Waals surface area contributed by atoms with Gasteiger partial charge in [0.1, 0.15) is 5.69 Å². The second-order valence-electron chi connectivity index (χ2n) is 12.1. The number of pyridine rings is 1. The molecule has 0 bridgehead atoms. The van der Waals surface area contributed by atoms with E-state index in [0.717, 1.165) is 67.9 Å². The Morgan fingerprint density at radius 1 is 0.925 bits per heavy atom. The minimum atomic E-state index is 0.0471. The van der Waals surface area contributed by atoms with E-state index < -0.39 is 0 Å². The molecule has 1 amide bonds. The van der Waals surface area contributed by atoms with Crippen molar-refractivity contribution in [3.05, 3.63) is 65.4 Å². The van der Waals surface area contributed by atoms with Crippen molar-refractivity contribution < 1.29 is 9.59 Å². The predicted molar refractivity (Wildman–Crippen MR) is 165 cm³/mol. The first-order chi connectivity index (χ1) is 19.2. The van der Waals surface area contributed by atoms with Crippen LogP contribution in [0.1, 0.15) is 93.0 Å². The molecule has 0 atom stereocenters. The summed E-state index contributed by atoms with van der Waals surface area (Å²) in [7, 11) is 0. The van der Waals surface area contributed by atoms with Crippen LogP contribution in [0.4, 0.5) is 0 Å². The summed E-state index contributed by atoms with van der Waals surface area (Å²) >= 11 is 0. The summed E-state index contributed by atoms with van der Waals surface area (Å²) in [5.74, 6) is 1.21. The molecule has 214 valence electrons. The summed E-state index contributed by atoms with van der Waals surface area (Å²) in [6.45, 7) is 15.1. The molecule has 0 spiro atoms. The van der Waals surface area contributed by atoms with Gasteiger partial charge in [0, 0.05) is 48.1 Å². The number of amides is 1. The Morgan fingerprint density at radius 3 is 2.17 bits per heavy atom. The summed E-state index contributed by atoms with van der Waals surface area (Å²) in [5, 5.41) is 4.93. The van der Waals surface area contributed by atoms with Crippen LogP contribution in [0, 0.1) is 11.8 Å². The number of benzene rings is 1. The molecule has 0 saturated carbocycles. The smallest absolute Gasteiger partial charge is 0.253 e. The second-order valence-corrected chi connectivity index (χ2v) is 12.1. The first-order valence-electron chi connectivity index (χ1n) is 15.0. The van der Waals surface area contributed by atoms with Gasteiger partial charge in [-0.15, -0.1) is 0 Å². The molecule has 1 aromatic carbocycles. The fourth-order valence-electron chi connectivity index (χ4n) is 5.22. The zero-order chi connectivity index (χ0) is 28.6. The third kappa shape index (κ3) is 7.69. The highest BCUT2D eigenvalue weighted by atomic mass is 16.2. The lowest BCUT2D eigenvalue weighted by Crippen LogP contribution is -2.34. The van der Waals surface area contributed by atoms with Crippen molar-refractivity contribution in [1.82, 2.24) is 19.4 Å². The zero-order valence-corrected chi connectivity index (χ0v) is 25.0. The van der Waals surface area contributed by atoms with Crippen LogP contribution >= 0.6 is 0 Å². The summed E-state index contributed by atoms with van der Waals surface area (Å²) in [4.78, 5) is 30.1. The average Bonchev–Trinajstić information content (AvgIpc) is 3.31. The zero-order valence-electron chi connectivity index (χ0n) is 25.0. The lowest BCUT2D eigenvalue weighted by atomic mass is 10.0. The average molecular weight is 543 g/mol. The first-order valence-corrected chi connectivity index (χ1v) is 15.0. The molecule has 4 rings (SSSR count). The highest BCUT2D eigenvalue weighted by Crippen LogP contribution is 2.29. The van der Waals surface area contributed by atoms with Gasteiger partial charge in [0.05, 0.1) is 5.52 Å². The topological polar surface area (TPSA) is 57.9 Å². The van der Waals surface area contributed by atoms with E-state index >= 15 is 0 Å². The van der Waals surface area contributed by atoms with Crippen LogP contribution in [0.2, 0.25) is 0 Å². The van der Waals surface area contributed by atoms with E-state index in [9.17, 15) is 9.59 Å². The largest absolute Gasteiger partial charge is 0.339 e. The molecule has 1 saturated heterocycles. The van der Waals surface area contributed by atoms with Crippen LogP contribution in [-0.2, 0) is 0 Å². The number of likely N-dealkylation sites (tertiary alicyclic amines) is 1. The second kappa shape index (κ2) is 13.9. The number of ketones is 1. The SMILES string of the molecule is CC(=O)c1ccc(-c2nn3ccc(C(=O)N(CCC(C)C)CCC(C)C)cc3c2C=CCN2CCCCC2)cc1. The van der Waals surface area contributed by atoms with Crippen LogP contribution in [0.15, 0.2) is 48.7 Å². The van der Waals surface area contributed by atoms with Crippen molar-refractivity contribution in [1.29, 1.82) is 0 Å². The maximum Gasteiger partial charge on any atom is 0.253 e. The number of hydrogen-bond acceptors (Lipinski definition) is 4. The van der Waals surface area contributed by atoms with Gasteiger partial charge in [0.25, 0.3) is 5.91 Å². The molecular weight excluding hydrogens is 496 g/mol. The van der Waals surface area contributed by atoms with E-state index in [0.29, 0.717) is 23.0 Å². The van der Waals surface area contributed by atoms with Gasteiger partial charge >= 0.3 is 0 Å². The van der Waals surface area contributed by atoms with Crippen LogP contribution in [0.3, 0.4) is 0 Å². The number of carbonyl (C=O) groups is 2. The molecule has 3 heterocycles. The van der Waals surface area contributed by atoms with Gasteiger partial charge in [-0.2, -0.15) is 5.10 Å². The first kappa shape index (κ1) is 29.7. The van der Waals surface area contributed by atoms with E-state index in [1.807, 2.05) is 52.0 Å². The number of rotatable bonds is 12. The summed E-state index contributed by atoms with van der Waals surface area (Å²) in [6, 6.07) is 11.5. The molecule has 1 fully saturated rings. The summed E-state index contributed by atoms with van der Waals surface area (Å²) in [6.07, 6.45) is 12.1. The van der Waals surface area contributed by atoms with Crippen LogP contribution in [0.5, 0.6) is 0 Å². The van der Waals surface area contributed by atoms with E-state index in [2.05, 4.69) is 44.7 Å². The molecule has 6 heteroatoms. The number of fused-ring (bicyclic) bond motifs is 1. The molecule has 1 aliphatic heterocycles. The van der Waals surface area contributed by atoms with Crippen molar-refractivity contribution >= 4 is 23.3 Å². The number of Topliss-reactive ketones (excluding diaryl/α,β-unsaturated/α-hetero) is 1. The summed E-state index contributed by atoms with van der Waals surface area (Å²) < 4.78 is 1.87. The Bertz CT molecular complexity index is 1300. The standard InChI is InChI=1S/C34H46N4O2/c1-25(2)15-21-37(22-16-26(3)4)34(40)30-17-23-38-32(24-30)31(10-9-20-36-18-7-6-8-19-36)33(35-38)29-13-11-28(12-14-29)27(5)39/h9-14,17,23-26H,6-8,15-16,18-22H2,1-5H3. The number of piperidine rings is 1. The fraction of sp³-hybridized carbons (Fsp3) is 0.500. The van der Waals surface area contributed by atoms with Crippen molar-refractivity contribution in [3.8, 4) is 11.3 Å². The lowest BCUT2D eigenvalue weighted by molar-refractivity contribution is 0.0740. The van der Waals surface area contributed by atoms with Gasteiger partial charge in [0.2, 0.25) is 0 Å². The van der Waals surface area contributed by atoms with E-state index in [1.165, 1.54) is 19.3 Å². The summed E-state index contributed by atoms with van der Waals surface area (Å²) in [5.41, 5.74) is 5.10. The van der Waals surface area contributed by atoms with Gasteiger partial charge in [-0.3, -0.25) is 14.5 Å². The Morgan fingerprint density at radius 2 is 1.57 bits per heavy atom. The van der Waals surface area contributed by atoms with Crippen LogP contribution in [0.25, 0.3) is 22.9 Å². The van der Waals surface area contributed by atoms with Crippen molar-refractivity contribution in [2.75, 3.05) is 32.7 Å². The van der Waals surface area contributed by atoms with Gasteiger partial charge < -0.3 is 4.90 Å². The molecule has 2 aromatic heterocycles. The van der Waals surface area contributed by atoms with E-state index in [1.54, 1.807) is 6.92 Å². The Balaban J connectivity index is 1.70. The van der Waals surface area contributed by atoms with Gasteiger partial charge in [-0.1, -0.05) is 70.5 Å². The molecule has 0 N–H and O–H groups in total. The van der Waals surface area contributed by atoms with Crippen molar-refractivity contribution in [2.45, 2.75) is 66.7 Å². The molecular formula is C34H46N4O2. The Kier molecular flexibility index (Phi) is 10.3. The Hall–Kier alpha value is -3.25. The predicted octanol–water partition coefficient (Wildman–Crippen LogP) is 7.24. The minimum Gasteiger partial charge on any atom is -0.339 e. The van der Waals surface area contributed by atoms with Crippen LogP contribution < -0.4 is 0 Å². The monoisotopic (exact) mass is 542 g/mol. The van der Waals surface area contributed by atoms with E-state index in [-0.39, 0.29) is 11.7 Å². The highest BCUT2D eigenvalue weighted by molar-refractivity contribution is 5.97. The number of nitrogens with zero attached hydrogens (tertiary/aromatic N) is 4. The van der Waals surface area contributed by atoms with Crippen LogP contribution in [-0.4, -0.2) is 63.8 Å². The van der Waals surface area contributed by atoms with E-state index in [4.69, 9.17) is 5.10 Å². The molecule has 1 aliphatic rings. The normalized spacial score (nSPS) is 14.6. The number of hydrogen-bond donors (Lipinski definition) is 0. The lowest BCUT2D eigenvalue weighted by Gasteiger charge is -2.25. The van der Waals surface area contributed by atoms with Gasteiger partial charge in [0.15, 0.2) is 5.78 Å². The maximum absolute atomic E-state index is 13.8. The van der Waals surface area contributed by atoms with Crippen molar-refractivity contribution in [3.63, 3.8) is 0 Å². The number of aromatic nitrogens is 2. The molecule has 6 nitrogen and oxygen atoms in total. The molecule has 0 aliphatic carbocycles. The number of carbonyl (C=O) groups excluding carboxylic acids is 2. The molecule has 40 heavy (non-hydrogen) atoms.